The van der Waals surface area contributed by atoms with Crippen molar-refractivity contribution in [2.75, 3.05) is 0 Å². The number of hydrogen-bond donors (Lipinski definition) is 3. The van der Waals surface area contributed by atoms with Gasteiger partial charge in [-0.05, 0) is 69.6 Å². The van der Waals surface area contributed by atoms with Crippen LogP contribution < -0.4 is 16.5 Å². The van der Waals surface area contributed by atoms with Crippen LogP contribution in [0.5, 0.6) is 0 Å². The van der Waals surface area contributed by atoms with Crippen molar-refractivity contribution in [1.82, 2.24) is 10.8 Å². The predicted molar refractivity (Wildman–Crippen MR) is 132 cm³/mol. The lowest BCUT2D eigenvalue weighted by atomic mass is 9.99. The lowest BCUT2D eigenvalue weighted by Gasteiger charge is -2.20. The Morgan fingerprint density at radius 3 is 2.24 bits per heavy atom. The van der Waals surface area contributed by atoms with Gasteiger partial charge < -0.3 is 11.1 Å². The highest BCUT2D eigenvalue weighted by Gasteiger charge is 2.28. The monoisotopic (exact) mass is 467 g/mol. The van der Waals surface area contributed by atoms with Gasteiger partial charge in [0, 0.05) is 18.9 Å². The van der Waals surface area contributed by atoms with Crippen molar-refractivity contribution >= 4 is 11.8 Å². The summed E-state index contributed by atoms with van der Waals surface area (Å²) in [7, 11) is 0. The molecule has 0 spiro atoms. The third-order valence-corrected chi connectivity index (χ3v) is 5.98. The van der Waals surface area contributed by atoms with Crippen LogP contribution in [0.4, 0.5) is 0 Å². The lowest BCUT2D eigenvalue weighted by Crippen LogP contribution is -2.46. The van der Waals surface area contributed by atoms with E-state index in [1.54, 1.807) is 0 Å². The summed E-state index contributed by atoms with van der Waals surface area (Å²) in [6.45, 7) is 7.78. The fourth-order valence-corrected chi connectivity index (χ4v) is 4.14. The van der Waals surface area contributed by atoms with Gasteiger partial charge in [0.1, 0.15) is 6.04 Å². The van der Waals surface area contributed by atoms with Crippen LogP contribution in [0, 0.1) is 12.8 Å². The number of hydrogen-bond acceptors (Lipinski definition) is 5. The van der Waals surface area contributed by atoms with E-state index in [4.69, 9.17) is 15.6 Å². The number of benzene rings is 2. The van der Waals surface area contributed by atoms with E-state index in [0.29, 0.717) is 12.8 Å². The Kier molecular flexibility index (Phi) is 8.83. The van der Waals surface area contributed by atoms with Crippen LogP contribution in [0.15, 0.2) is 48.5 Å². The normalized spacial score (nSPS) is 19.1. The highest BCUT2D eigenvalue weighted by atomic mass is 17.3. The Hall–Kier alpha value is -2.74. The second kappa shape index (κ2) is 11.6. The van der Waals surface area contributed by atoms with Crippen LogP contribution in [0.25, 0.3) is 11.1 Å². The van der Waals surface area contributed by atoms with Gasteiger partial charge in [0.2, 0.25) is 11.8 Å². The van der Waals surface area contributed by atoms with Crippen molar-refractivity contribution in [2.24, 2.45) is 11.7 Å². The molecule has 1 aliphatic carbocycles. The maximum atomic E-state index is 12.6. The summed E-state index contributed by atoms with van der Waals surface area (Å²) in [4.78, 5) is 35.0. The smallest absolute Gasteiger partial charge is 0.240 e. The first-order chi connectivity index (χ1) is 16.1. The minimum absolute atomic E-state index is 0.138. The first-order valence-electron chi connectivity index (χ1n) is 11.9. The topological polar surface area (TPSA) is 103 Å². The molecule has 2 amide bonds. The molecule has 7 nitrogen and oxygen atoms in total. The third-order valence-electron chi connectivity index (χ3n) is 5.98. The zero-order chi connectivity index (χ0) is 24.7. The van der Waals surface area contributed by atoms with Crippen molar-refractivity contribution in [3.63, 3.8) is 0 Å². The van der Waals surface area contributed by atoms with Crippen molar-refractivity contribution in [2.45, 2.75) is 77.5 Å². The molecule has 0 bridgehead atoms. The van der Waals surface area contributed by atoms with E-state index in [-0.39, 0.29) is 17.9 Å². The van der Waals surface area contributed by atoms with Crippen molar-refractivity contribution in [3.05, 3.63) is 59.7 Å². The number of aryl methyl sites for hydroxylation is 1. The number of hydroxylamine groups is 1. The van der Waals surface area contributed by atoms with Gasteiger partial charge >= 0.3 is 0 Å². The fraction of sp³-hybridized carbons (Fsp3) is 0.481. The van der Waals surface area contributed by atoms with Crippen LogP contribution in [0.1, 0.15) is 57.6 Å². The zero-order valence-electron chi connectivity index (χ0n) is 20.6. The van der Waals surface area contributed by atoms with Gasteiger partial charge in [-0.3, -0.25) is 9.59 Å². The van der Waals surface area contributed by atoms with Crippen LogP contribution in [-0.4, -0.2) is 29.5 Å². The van der Waals surface area contributed by atoms with Gasteiger partial charge in [0.15, 0.2) is 0 Å². The van der Waals surface area contributed by atoms with E-state index >= 15 is 0 Å². The fourth-order valence-electron chi connectivity index (χ4n) is 4.14. The number of primary amides is 1. The van der Waals surface area contributed by atoms with E-state index in [0.717, 1.165) is 36.0 Å². The van der Waals surface area contributed by atoms with Gasteiger partial charge in [-0.1, -0.05) is 54.1 Å². The Labute approximate surface area is 202 Å². The first-order valence-corrected chi connectivity index (χ1v) is 11.9. The summed E-state index contributed by atoms with van der Waals surface area (Å²) >= 11 is 0. The minimum Gasteiger partial charge on any atom is -0.368 e. The van der Waals surface area contributed by atoms with E-state index in [1.807, 2.05) is 45.0 Å². The molecular formula is C27H37N3O4. The molecule has 2 aromatic carbocycles. The molecule has 2 aromatic rings. The van der Waals surface area contributed by atoms with E-state index in [1.165, 1.54) is 5.56 Å². The third kappa shape index (κ3) is 8.24. The maximum absolute atomic E-state index is 12.6. The van der Waals surface area contributed by atoms with E-state index in [2.05, 4.69) is 42.0 Å². The highest BCUT2D eigenvalue weighted by Crippen LogP contribution is 2.28. The average Bonchev–Trinajstić information content (AvgIpc) is 3.20. The summed E-state index contributed by atoms with van der Waals surface area (Å²) < 4.78 is 0. The van der Waals surface area contributed by atoms with Crippen LogP contribution in [0.2, 0.25) is 0 Å². The Balaban J connectivity index is 1.48. The summed E-state index contributed by atoms with van der Waals surface area (Å²) in [5.74, 6) is -0.467. The van der Waals surface area contributed by atoms with Crippen molar-refractivity contribution in [1.29, 1.82) is 0 Å². The standard InChI is InChI=1S/C27H37N3O4/c1-18-5-10-21(11-6-18)22-12-7-19(8-13-22)16-24(26(28)32)29-25(31)17-20-9-14-23(15-20)30-34-33-27(2,3)4/h5-8,10-13,20,23-24,30H,9,14-17H2,1-4H3,(H2,28,32)(H,29,31)/t20-,23+,24?/m0/s1. The van der Waals surface area contributed by atoms with Gasteiger partial charge in [-0.15, -0.1) is 4.99 Å². The largest absolute Gasteiger partial charge is 0.368 e. The number of nitrogens with one attached hydrogen (secondary N) is 2. The Morgan fingerprint density at radius 1 is 1.03 bits per heavy atom. The summed E-state index contributed by atoms with van der Waals surface area (Å²) in [6, 6.07) is 15.7. The number of carbonyl (C=O) groups excluding carboxylic acids is 2. The van der Waals surface area contributed by atoms with Crippen LogP contribution >= 0.6 is 0 Å². The van der Waals surface area contributed by atoms with Gasteiger partial charge in [-0.2, -0.15) is 5.48 Å². The first kappa shape index (κ1) is 25.9. The number of carbonyl (C=O) groups is 2. The van der Waals surface area contributed by atoms with E-state index in [9.17, 15) is 9.59 Å². The molecule has 7 heteroatoms. The Morgan fingerprint density at radius 2 is 1.65 bits per heavy atom. The Bertz CT molecular complexity index is 951. The molecule has 4 N–H and O–H groups in total. The number of nitrogens with two attached hydrogens (primary N) is 1. The lowest BCUT2D eigenvalue weighted by molar-refractivity contribution is -0.388. The van der Waals surface area contributed by atoms with Crippen molar-refractivity contribution < 1.29 is 19.5 Å². The second-order valence-corrected chi connectivity index (χ2v) is 10.3. The molecule has 0 aliphatic heterocycles. The average molecular weight is 468 g/mol. The molecule has 0 radical (unpaired) electrons. The minimum atomic E-state index is -0.739. The van der Waals surface area contributed by atoms with Gasteiger partial charge in [0.25, 0.3) is 0 Å². The zero-order valence-corrected chi connectivity index (χ0v) is 20.6. The molecule has 0 saturated heterocycles. The molecule has 1 saturated carbocycles. The quantitative estimate of drug-likeness (QED) is 0.362. The molecule has 184 valence electrons. The van der Waals surface area contributed by atoms with Crippen LogP contribution in [-0.2, 0) is 25.9 Å². The molecule has 1 unspecified atom stereocenters. The number of amides is 2. The SMILES string of the molecule is Cc1ccc(-c2ccc(CC(NC(=O)C[C@H]3CC[C@@H](NOOC(C)(C)C)C3)C(N)=O)cc2)cc1. The molecular weight excluding hydrogens is 430 g/mol. The molecule has 0 aromatic heterocycles. The van der Waals surface area contributed by atoms with E-state index < -0.39 is 17.6 Å². The molecule has 3 atom stereocenters. The second-order valence-electron chi connectivity index (χ2n) is 10.3. The molecule has 1 aliphatic rings. The molecule has 0 heterocycles. The molecule has 34 heavy (non-hydrogen) atoms. The summed E-state index contributed by atoms with van der Waals surface area (Å²) in [5, 5.41) is 2.83. The molecule has 3 rings (SSSR count). The molecule has 1 fully saturated rings. The predicted octanol–water partition coefficient (Wildman–Crippen LogP) is 3.98. The number of rotatable bonds is 10. The van der Waals surface area contributed by atoms with Gasteiger partial charge in [0.05, 0.1) is 5.60 Å². The van der Waals surface area contributed by atoms with Crippen LogP contribution in [0.3, 0.4) is 0 Å². The summed E-state index contributed by atoms with van der Waals surface area (Å²) in [5.41, 5.74) is 12.5. The highest BCUT2D eigenvalue weighted by molar-refractivity contribution is 5.87. The summed E-state index contributed by atoms with van der Waals surface area (Å²) in [6.07, 6.45) is 3.34. The van der Waals surface area contributed by atoms with Crippen molar-refractivity contribution in [3.8, 4) is 11.1 Å². The van der Waals surface area contributed by atoms with Gasteiger partial charge in [-0.25, -0.2) is 4.89 Å². The maximum Gasteiger partial charge on any atom is 0.240 e.